The average molecular weight is 383 g/mol. The third-order valence-corrected chi connectivity index (χ3v) is 3.95. The Hall–Kier alpha value is -2.42. The number of ether oxygens (including phenoxy) is 2. The minimum atomic E-state index is -1.03. The summed E-state index contributed by atoms with van der Waals surface area (Å²) in [5.41, 5.74) is 5.63. The number of rotatable bonds is 10. The van der Waals surface area contributed by atoms with Crippen LogP contribution in [0.4, 0.5) is 10.5 Å². The van der Waals surface area contributed by atoms with Gasteiger partial charge in [0, 0.05) is 5.69 Å². The van der Waals surface area contributed by atoms with Crippen LogP contribution in [0.3, 0.4) is 0 Å². The van der Waals surface area contributed by atoms with Crippen molar-refractivity contribution >= 4 is 35.4 Å². The topological polar surface area (TPSA) is 120 Å². The highest BCUT2D eigenvalue weighted by Gasteiger charge is 2.25. The van der Waals surface area contributed by atoms with Gasteiger partial charge in [0.2, 0.25) is 0 Å². The number of urea groups is 1. The van der Waals surface area contributed by atoms with Gasteiger partial charge in [-0.15, -0.1) is 0 Å². The highest BCUT2D eigenvalue weighted by atomic mass is 32.2. The number of amides is 3. The fourth-order valence-electron chi connectivity index (χ4n) is 2.01. The maximum atomic E-state index is 12.2. The summed E-state index contributed by atoms with van der Waals surface area (Å²) < 4.78 is 10.5. The number of thioether (sulfide) groups is 1. The van der Waals surface area contributed by atoms with E-state index in [9.17, 15) is 14.4 Å². The van der Waals surface area contributed by atoms with Crippen molar-refractivity contribution in [2.75, 3.05) is 23.9 Å². The first-order valence-corrected chi connectivity index (χ1v) is 9.55. The zero-order chi connectivity index (χ0) is 19.5. The summed E-state index contributed by atoms with van der Waals surface area (Å²) in [6.07, 6.45) is 1.20. The van der Waals surface area contributed by atoms with Crippen LogP contribution < -0.4 is 21.1 Å². The highest BCUT2D eigenvalue weighted by Crippen LogP contribution is 2.16. The van der Waals surface area contributed by atoms with E-state index in [1.165, 1.54) is 18.7 Å². The molecule has 9 heteroatoms. The van der Waals surface area contributed by atoms with Gasteiger partial charge in [0.05, 0.1) is 6.61 Å². The normalized spacial score (nSPS) is 12.6. The van der Waals surface area contributed by atoms with Crippen LogP contribution in [0.25, 0.3) is 0 Å². The lowest BCUT2D eigenvalue weighted by Gasteiger charge is -2.19. The van der Waals surface area contributed by atoms with E-state index in [1.54, 1.807) is 24.3 Å². The van der Waals surface area contributed by atoms with Crippen LogP contribution in [-0.4, -0.2) is 48.7 Å². The predicted molar refractivity (Wildman–Crippen MR) is 101 cm³/mol. The number of hydrogen-bond acceptors (Lipinski definition) is 6. The van der Waals surface area contributed by atoms with Gasteiger partial charge in [0.25, 0.3) is 5.91 Å². The second kappa shape index (κ2) is 11.2. The molecule has 2 atom stereocenters. The average Bonchev–Trinajstić information content (AvgIpc) is 2.60. The predicted octanol–water partition coefficient (Wildman–Crippen LogP) is 1.75. The zero-order valence-electron chi connectivity index (χ0n) is 15.1. The van der Waals surface area contributed by atoms with Gasteiger partial charge in [-0.1, -0.05) is 0 Å². The van der Waals surface area contributed by atoms with Gasteiger partial charge in [-0.05, 0) is 56.5 Å². The van der Waals surface area contributed by atoms with Gasteiger partial charge >= 0.3 is 12.0 Å². The van der Waals surface area contributed by atoms with Crippen molar-refractivity contribution in [3.8, 4) is 5.75 Å². The Kier molecular flexibility index (Phi) is 9.35. The Labute approximate surface area is 157 Å². The number of esters is 1. The number of hydrogen-bond donors (Lipinski definition) is 3. The van der Waals surface area contributed by atoms with Crippen LogP contribution in [0.15, 0.2) is 24.3 Å². The fraction of sp³-hybridized carbons (Fsp3) is 0.471. The molecule has 0 fully saturated rings. The summed E-state index contributed by atoms with van der Waals surface area (Å²) in [6, 6.07) is 5.12. The van der Waals surface area contributed by atoms with Crippen molar-refractivity contribution in [2.24, 2.45) is 5.73 Å². The first-order valence-electron chi connectivity index (χ1n) is 8.16. The third-order valence-electron chi connectivity index (χ3n) is 3.31. The molecule has 0 aliphatic carbocycles. The molecule has 1 aromatic rings. The number of nitrogens with one attached hydrogen (secondary N) is 2. The van der Waals surface area contributed by atoms with Crippen LogP contribution in [-0.2, 0) is 14.3 Å². The molecule has 8 nitrogen and oxygen atoms in total. The smallest absolute Gasteiger partial charge is 0.329 e. The first-order chi connectivity index (χ1) is 12.4. The molecule has 0 aromatic heterocycles. The lowest BCUT2D eigenvalue weighted by Crippen LogP contribution is -2.46. The summed E-state index contributed by atoms with van der Waals surface area (Å²) in [5.74, 6) is 0.142. The van der Waals surface area contributed by atoms with E-state index in [0.717, 1.165) is 0 Å². The van der Waals surface area contributed by atoms with E-state index in [2.05, 4.69) is 10.6 Å². The van der Waals surface area contributed by atoms with Gasteiger partial charge in [0.15, 0.2) is 6.10 Å². The monoisotopic (exact) mass is 383 g/mol. The Bertz CT molecular complexity index is 609. The summed E-state index contributed by atoms with van der Waals surface area (Å²) >= 11 is 1.52. The Morgan fingerprint density at radius 2 is 1.88 bits per heavy atom. The molecule has 144 valence electrons. The SMILES string of the molecule is CCOc1ccc(NC(=O)[C@H](C)OC(=O)[C@H](CCSC)NC(N)=O)cc1. The summed E-state index contributed by atoms with van der Waals surface area (Å²) in [7, 11) is 0. The molecular weight excluding hydrogens is 358 g/mol. The number of benzene rings is 1. The van der Waals surface area contributed by atoms with Gasteiger partial charge < -0.3 is 25.8 Å². The van der Waals surface area contributed by atoms with Crippen LogP contribution in [0.1, 0.15) is 20.3 Å². The number of nitrogens with two attached hydrogens (primary N) is 1. The number of primary amides is 1. The van der Waals surface area contributed by atoms with E-state index in [4.69, 9.17) is 15.2 Å². The molecule has 4 N–H and O–H groups in total. The van der Waals surface area contributed by atoms with E-state index in [1.807, 2.05) is 13.2 Å². The van der Waals surface area contributed by atoms with Gasteiger partial charge in [-0.25, -0.2) is 9.59 Å². The number of anilines is 1. The van der Waals surface area contributed by atoms with Crippen LogP contribution in [0.2, 0.25) is 0 Å². The van der Waals surface area contributed by atoms with Crippen LogP contribution >= 0.6 is 11.8 Å². The molecule has 1 rings (SSSR count). The van der Waals surface area contributed by atoms with Gasteiger partial charge in [0.1, 0.15) is 11.8 Å². The molecule has 0 aliphatic rings. The maximum absolute atomic E-state index is 12.2. The number of carbonyl (C=O) groups is 3. The molecule has 0 saturated carbocycles. The summed E-state index contributed by atoms with van der Waals surface area (Å²) in [5, 5.41) is 4.98. The minimum absolute atomic E-state index is 0.357. The molecule has 0 heterocycles. The molecule has 26 heavy (non-hydrogen) atoms. The van der Waals surface area contributed by atoms with E-state index in [-0.39, 0.29) is 0 Å². The van der Waals surface area contributed by atoms with Crippen molar-refractivity contribution in [1.29, 1.82) is 0 Å². The molecule has 0 unspecified atom stereocenters. The first kappa shape index (κ1) is 21.6. The fourth-order valence-corrected chi connectivity index (χ4v) is 2.48. The summed E-state index contributed by atoms with van der Waals surface area (Å²) in [6.45, 7) is 3.89. The molecule has 0 aliphatic heterocycles. The lowest BCUT2D eigenvalue weighted by atomic mass is 10.2. The second-order valence-electron chi connectivity index (χ2n) is 5.37. The Morgan fingerprint density at radius 3 is 2.42 bits per heavy atom. The van der Waals surface area contributed by atoms with Crippen LogP contribution in [0, 0.1) is 0 Å². The molecule has 0 radical (unpaired) electrons. The Balaban J connectivity index is 2.60. The quantitative estimate of drug-likeness (QED) is 0.530. The lowest BCUT2D eigenvalue weighted by molar-refractivity contribution is -0.155. The van der Waals surface area contributed by atoms with Crippen molar-refractivity contribution in [1.82, 2.24) is 5.32 Å². The molecule has 0 saturated heterocycles. The molecular formula is C17H25N3O5S. The highest BCUT2D eigenvalue weighted by molar-refractivity contribution is 7.98. The molecule has 3 amide bonds. The Morgan fingerprint density at radius 1 is 1.23 bits per heavy atom. The van der Waals surface area contributed by atoms with Crippen LogP contribution in [0.5, 0.6) is 5.75 Å². The molecule has 0 bridgehead atoms. The minimum Gasteiger partial charge on any atom is -0.494 e. The molecule has 1 aromatic carbocycles. The van der Waals surface area contributed by atoms with Gasteiger partial charge in [-0.2, -0.15) is 11.8 Å². The van der Waals surface area contributed by atoms with Crippen molar-refractivity contribution in [3.63, 3.8) is 0 Å². The summed E-state index contributed by atoms with van der Waals surface area (Å²) in [4.78, 5) is 35.4. The van der Waals surface area contributed by atoms with E-state index >= 15 is 0 Å². The van der Waals surface area contributed by atoms with Crippen molar-refractivity contribution in [3.05, 3.63) is 24.3 Å². The molecule has 0 spiro atoms. The van der Waals surface area contributed by atoms with E-state index < -0.39 is 30.1 Å². The second-order valence-corrected chi connectivity index (χ2v) is 6.35. The third kappa shape index (κ3) is 7.64. The maximum Gasteiger partial charge on any atom is 0.329 e. The zero-order valence-corrected chi connectivity index (χ0v) is 15.9. The standard InChI is InChI=1S/C17H25N3O5S/c1-4-24-13-7-5-12(6-8-13)19-15(21)11(2)25-16(22)14(9-10-26-3)20-17(18)23/h5-8,11,14H,4,9-10H2,1-3H3,(H,19,21)(H3,18,20,23)/t11-,14-/m0/s1. The van der Waals surface area contributed by atoms with Crippen molar-refractivity contribution in [2.45, 2.75) is 32.4 Å². The number of carbonyl (C=O) groups excluding carboxylic acids is 3. The van der Waals surface area contributed by atoms with Gasteiger partial charge in [-0.3, -0.25) is 4.79 Å². The largest absolute Gasteiger partial charge is 0.494 e. The van der Waals surface area contributed by atoms with E-state index in [0.29, 0.717) is 30.2 Å². The van der Waals surface area contributed by atoms with Crippen molar-refractivity contribution < 1.29 is 23.9 Å².